The van der Waals surface area contributed by atoms with Gasteiger partial charge in [0, 0.05) is 78.5 Å². The molecular formula is C48H71N4O14P2S6+. The number of carbonyl (C=O) groups excluding carboxylic acids is 8. The van der Waals surface area contributed by atoms with Crippen molar-refractivity contribution in [2.75, 3.05) is 36.1 Å². The molecule has 0 aliphatic carbocycles. The SMILES string of the molecule is C=C=CC.C=CC.C=CC.C[C@H](CS)C(=O)N1CCC[C@H]1C(=O)O.C[C@H](CSSCCC(=O)ON1C(=O)CCC1=O)C(=O)N1CCC[C@H]1C(=O)O.O=C(CCSSc1ccccc1)ON1C(=O)CCC1=O.[2H][P+](P)=S. The highest BCUT2D eigenvalue weighted by Crippen LogP contribution is 2.31. The second kappa shape index (κ2) is 44.2. The molecule has 2 unspecified atom stereocenters. The van der Waals surface area contributed by atoms with Crippen molar-refractivity contribution < 1.29 is 67.8 Å². The Kier molecular flexibility index (Phi) is 41.8. The van der Waals surface area contributed by atoms with Crippen LogP contribution in [0.5, 0.6) is 0 Å². The number of benzene rings is 1. The molecule has 4 aliphatic rings. The molecule has 26 heteroatoms. The fourth-order valence-electron chi connectivity index (χ4n) is 5.95. The minimum atomic E-state index is -0.969. The summed E-state index contributed by atoms with van der Waals surface area (Å²) in [6.45, 7) is 19.4. The summed E-state index contributed by atoms with van der Waals surface area (Å²) >= 11 is 8.35. The molecule has 6 atom stereocenters. The molecule has 18 nitrogen and oxygen atoms in total. The van der Waals surface area contributed by atoms with Gasteiger partial charge in [0.25, 0.3) is 23.6 Å². The molecule has 0 bridgehead atoms. The number of imide groups is 2. The molecule has 4 saturated heterocycles. The summed E-state index contributed by atoms with van der Waals surface area (Å²) in [5, 5.41) is 19.1. The molecule has 1 aromatic rings. The summed E-state index contributed by atoms with van der Waals surface area (Å²) in [4.78, 5) is 128. The molecule has 0 radical (unpaired) electrons. The maximum absolute atomic E-state index is 12.4. The number of allylic oxidation sites excluding steroid dienone is 3. The van der Waals surface area contributed by atoms with Crippen LogP contribution in [0.4, 0.5) is 0 Å². The van der Waals surface area contributed by atoms with Gasteiger partial charge in [0.2, 0.25) is 11.8 Å². The number of thiol groups is 1. The Bertz CT molecular complexity index is 2070. The zero-order chi connectivity index (χ0) is 57.5. The highest BCUT2D eigenvalue weighted by molar-refractivity contribution is 8.77. The van der Waals surface area contributed by atoms with Crippen LogP contribution in [0.25, 0.3) is 0 Å². The van der Waals surface area contributed by atoms with Crippen LogP contribution in [0.2, 0.25) is 0 Å². The third kappa shape index (κ3) is 30.5. The summed E-state index contributed by atoms with van der Waals surface area (Å²) in [6.07, 6.45) is 8.33. The van der Waals surface area contributed by atoms with E-state index in [-0.39, 0.29) is 62.2 Å². The first-order valence-corrected chi connectivity index (χ1v) is 32.0. The van der Waals surface area contributed by atoms with E-state index in [1.54, 1.807) is 42.9 Å². The average molecular weight is 1180 g/mol. The van der Waals surface area contributed by atoms with Crippen LogP contribution >= 0.6 is 71.7 Å². The molecule has 5 rings (SSSR count). The lowest BCUT2D eigenvalue weighted by molar-refractivity contribution is -0.197. The van der Waals surface area contributed by atoms with Crippen molar-refractivity contribution in [2.45, 2.75) is 116 Å². The summed E-state index contributed by atoms with van der Waals surface area (Å²) < 4.78 is 6.43. The second-order valence-corrected chi connectivity index (χ2v) is 23.6. The Morgan fingerprint density at radius 3 is 1.50 bits per heavy atom. The fourth-order valence-corrected chi connectivity index (χ4v) is 10.4. The van der Waals surface area contributed by atoms with E-state index in [0.717, 1.165) is 11.3 Å². The summed E-state index contributed by atoms with van der Waals surface area (Å²) in [5.74, 6) is -3.88. The largest absolute Gasteiger partial charge is 0.480 e. The van der Waals surface area contributed by atoms with Gasteiger partial charge in [-0.25, -0.2) is 19.2 Å². The standard InChI is InChI=1S/C16H22N2O7S2.C13H13NO4S2.C9H15NO3S.C4H6.2C3H6.H2P2S/c1-10(15(22)17-7-2-3-11(17)16(23)24)9-27-26-8-6-14(21)25-18-12(19)4-5-13(18)20;15-11-6-7-12(16)14(11)18-13(17)8-9-19-20-10-4-2-1-3-5-10;1-6(5-14)8(11)10-4-2-3-7(10)9(12)13;1-3-4-2;2*1-3-2;1-2-3/h10-11H,2-9H2,1H3,(H,23,24);1-5H,6-9H2;6-7,14H,2-5H2,1H3,(H,12,13);4H,1H2,2H3;2*3H,1H2,2H3;1H2/p+1/t10-,11+;;6-,7+;;;;/m1.1..../s1/i/hD. The van der Waals surface area contributed by atoms with Crippen molar-refractivity contribution in [3.05, 3.63) is 74.0 Å². The van der Waals surface area contributed by atoms with Crippen molar-refractivity contribution in [1.29, 1.82) is 1.28 Å². The maximum atomic E-state index is 12.4. The molecule has 1 aromatic carbocycles. The molecule has 412 valence electrons. The Morgan fingerprint density at radius 2 is 1.15 bits per heavy atom. The molecule has 0 aromatic heterocycles. The first-order chi connectivity index (χ1) is 35.5. The molecule has 4 fully saturated rings. The van der Waals surface area contributed by atoms with Gasteiger partial charge >= 0.3 is 25.2 Å². The van der Waals surface area contributed by atoms with Crippen LogP contribution in [-0.4, -0.2) is 139 Å². The number of nitrogens with zero attached hydrogens (tertiary/aromatic N) is 4. The van der Waals surface area contributed by atoms with E-state index in [1.807, 2.05) is 51.1 Å². The van der Waals surface area contributed by atoms with Crippen molar-refractivity contribution in [2.24, 2.45) is 11.8 Å². The molecule has 4 aliphatic heterocycles. The third-order valence-corrected chi connectivity index (χ3v) is 15.0. The second-order valence-electron chi connectivity index (χ2n) is 15.4. The van der Waals surface area contributed by atoms with Crippen molar-refractivity contribution >= 4 is 143 Å². The van der Waals surface area contributed by atoms with Gasteiger partial charge in [0.15, 0.2) is 18.8 Å². The Balaban J connectivity index is 0. The third-order valence-electron chi connectivity index (χ3n) is 9.44. The predicted octanol–water partition coefficient (Wildman–Crippen LogP) is 8.78. The number of carbonyl (C=O) groups is 10. The topological polar surface area (TPSA) is 243 Å². The van der Waals surface area contributed by atoms with Gasteiger partial charge in [-0.2, -0.15) is 12.6 Å². The van der Waals surface area contributed by atoms with Crippen LogP contribution < -0.4 is 0 Å². The van der Waals surface area contributed by atoms with E-state index in [0.29, 0.717) is 65.5 Å². The number of hydrogen-bond acceptors (Lipinski definition) is 18. The number of likely N-dealkylation sites (tertiary alicyclic amines) is 2. The molecule has 0 spiro atoms. The van der Waals surface area contributed by atoms with Gasteiger partial charge in [-0.05, 0) is 64.7 Å². The minimum Gasteiger partial charge on any atom is -0.480 e. The van der Waals surface area contributed by atoms with Gasteiger partial charge in [0.05, 0.1) is 21.8 Å². The van der Waals surface area contributed by atoms with Gasteiger partial charge in [-0.15, -0.1) is 29.0 Å². The smallest absolute Gasteiger partial charge is 0.355 e. The normalized spacial score (nSPS) is 17.2. The van der Waals surface area contributed by atoms with Gasteiger partial charge < -0.3 is 29.7 Å². The zero-order valence-corrected chi connectivity index (χ0v) is 49.5. The molecule has 0 saturated carbocycles. The summed E-state index contributed by atoms with van der Waals surface area (Å²) in [6, 6.07) is 8.45. The zero-order valence-electron chi connectivity index (χ0n) is 43.5. The predicted molar refractivity (Wildman–Crippen MR) is 307 cm³/mol. The first-order valence-electron chi connectivity index (χ1n) is 23.5. The molecule has 74 heavy (non-hydrogen) atoms. The fraction of sp³-hybridized carbons (Fsp3) is 0.521. The number of carboxylic acid groups (broad SMARTS) is 2. The van der Waals surface area contributed by atoms with Crippen LogP contribution in [0, 0.1) is 11.8 Å². The van der Waals surface area contributed by atoms with Crippen molar-refractivity contribution in [3.8, 4) is 0 Å². The highest BCUT2D eigenvalue weighted by Gasteiger charge is 2.37. The summed E-state index contributed by atoms with van der Waals surface area (Å²) in [5.41, 5.74) is 2.56. The lowest BCUT2D eigenvalue weighted by atomic mass is 10.1. The maximum Gasteiger partial charge on any atom is 0.355 e. The van der Waals surface area contributed by atoms with Crippen LogP contribution in [-0.2, 0) is 69.4 Å². The average Bonchev–Trinajstić information content (AvgIpc) is 4.20. The minimum absolute atomic E-state index is 0.0320. The van der Waals surface area contributed by atoms with Crippen LogP contribution in [0.15, 0.2) is 78.9 Å². The van der Waals surface area contributed by atoms with E-state index in [9.17, 15) is 47.9 Å². The van der Waals surface area contributed by atoms with Crippen LogP contribution in [0.3, 0.4) is 0 Å². The first kappa shape index (κ1) is 70.0. The van der Waals surface area contributed by atoms with E-state index in [4.69, 9.17) is 21.2 Å². The molecular weight excluding hydrogens is 1110 g/mol. The summed E-state index contributed by atoms with van der Waals surface area (Å²) in [7, 11) is 8.08. The molecule has 6 amide bonds. The van der Waals surface area contributed by atoms with E-state index < -0.39 is 66.6 Å². The highest BCUT2D eigenvalue weighted by atomic mass is 33.1. The Hall–Kier alpha value is -3.98. The van der Waals surface area contributed by atoms with Crippen LogP contribution in [0.1, 0.15) is 98.8 Å². The number of hydroxylamine groups is 4. The van der Waals surface area contributed by atoms with Gasteiger partial charge in [0.1, 0.15) is 12.1 Å². The number of rotatable bonds is 18. The van der Waals surface area contributed by atoms with Gasteiger partial charge in [-0.3, -0.25) is 28.8 Å². The van der Waals surface area contributed by atoms with Crippen molar-refractivity contribution in [1.82, 2.24) is 19.9 Å². The lowest BCUT2D eigenvalue weighted by Crippen LogP contribution is -2.43. The number of aliphatic carboxylic acids is 2. The Labute approximate surface area is 466 Å². The van der Waals surface area contributed by atoms with Gasteiger partial charge in [-0.1, -0.05) is 94.0 Å². The number of amides is 6. The molecule has 2 N–H and O–H groups in total. The molecule has 4 heterocycles. The number of hydrogen-bond donors (Lipinski definition) is 3. The number of carboxylic acids is 2. The van der Waals surface area contributed by atoms with Crippen molar-refractivity contribution in [3.63, 3.8) is 0 Å². The monoisotopic (exact) mass is 1180 g/mol. The van der Waals surface area contributed by atoms with E-state index in [2.05, 4.69) is 58.8 Å². The lowest BCUT2D eigenvalue weighted by Gasteiger charge is -2.24. The van der Waals surface area contributed by atoms with E-state index in [1.165, 1.54) is 42.2 Å². The van der Waals surface area contributed by atoms with E-state index >= 15 is 0 Å². The Morgan fingerprint density at radius 1 is 0.784 bits per heavy atom. The quantitative estimate of drug-likeness (QED) is 0.0236.